The maximum absolute atomic E-state index is 12.2. The molecule has 1 amide bonds. The summed E-state index contributed by atoms with van der Waals surface area (Å²) in [6.07, 6.45) is 0.0597. The first kappa shape index (κ1) is 18.4. The molecule has 5 nitrogen and oxygen atoms in total. The second kappa shape index (κ2) is 9.38. The predicted octanol–water partition coefficient (Wildman–Crippen LogP) is 1.69. The van der Waals surface area contributed by atoms with E-state index in [0.29, 0.717) is 32.8 Å². The van der Waals surface area contributed by atoms with Gasteiger partial charge in [-0.2, -0.15) is 11.3 Å². The summed E-state index contributed by atoms with van der Waals surface area (Å²) in [7, 11) is 1.65. The zero-order chi connectivity index (χ0) is 14.4. The van der Waals surface area contributed by atoms with Gasteiger partial charge in [0.25, 0.3) is 0 Å². The Labute approximate surface area is 136 Å². The first-order valence-corrected chi connectivity index (χ1v) is 7.80. The SMILES string of the molecule is COCCNCC(=O)N1CC(C)OC(c2ccsc2)C1.Cl. The van der Waals surface area contributed by atoms with Crippen LogP contribution in [0.3, 0.4) is 0 Å². The largest absolute Gasteiger partial charge is 0.383 e. The Morgan fingerprint density at radius 2 is 2.38 bits per heavy atom. The number of thiophene rings is 1. The fourth-order valence-electron chi connectivity index (χ4n) is 2.28. The van der Waals surface area contributed by atoms with E-state index in [4.69, 9.17) is 9.47 Å². The summed E-state index contributed by atoms with van der Waals surface area (Å²) >= 11 is 1.65. The Morgan fingerprint density at radius 3 is 3.05 bits per heavy atom. The number of carbonyl (C=O) groups is 1. The maximum atomic E-state index is 12.2. The van der Waals surface area contributed by atoms with E-state index in [0.717, 1.165) is 5.56 Å². The number of amides is 1. The van der Waals surface area contributed by atoms with Crippen LogP contribution >= 0.6 is 23.7 Å². The van der Waals surface area contributed by atoms with Gasteiger partial charge in [-0.1, -0.05) is 0 Å². The highest BCUT2D eigenvalue weighted by atomic mass is 35.5. The van der Waals surface area contributed by atoms with Gasteiger partial charge >= 0.3 is 0 Å². The van der Waals surface area contributed by atoms with Crippen LogP contribution in [0, 0.1) is 0 Å². The number of nitrogens with one attached hydrogen (secondary N) is 1. The standard InChI is InChI=1S/C14H22N2O3S.ClH/c1-11-8-16(14(17)7-15-4-5-18-2)9-13(19-11)12-3-6-20-10-12;/h3,6,10-11,13,15H,4-5,7-9H2,1-2H3;1H. The Morgan fingerprint density at radius 1 is 1.57 bits per heavy atom. The molecule has 1 aromatic heterocycles. The van der Waals surface area contributed by atoms with Crippen molar-refractivity contribution in [2.45, 2.75) is 19.1 Å². The van der Waals surface area contributed by atoms with Crippen LogP contribution in [-0.4, -0.2) is 56.8 Å². The number of morpholine rings is 1. The molecule has 0 aliphatic carbocycles. The third-order valence-electron chi connectivity index (χ3n) is 3.29. The fourth-order valence-corrected chi connectivity index (χ4v) is 2.98. The lowest BCUT2D eigenvalue weighted by atomic mass is 10.1. The van der Waals surface area contributed by atoms with Crippen molar-refractivity contribution in [1.29, 1.82) is 0 Å². The first-order valence-electron chi connectivity index (χ1n) is 6.85. The van der Waals surface area contributed by atoms with E-state index in [9.17, 15) is 4.79 Å². The smallest absolute Gasteiger partial charge is 0.236 e. The van der Waals surface area contributed by atoms with Crippen LogP contribution in [0.1, 0.15) is 18.6 Å². The van der Waals surface area contributed by atoms with Crippen LogP contribution < -0.4 is 5.32 Å². The number of carbonyl (C=O) groups excluding carboxylic acids is 1. The molecule has 0 saturated carbocycles. The number of hydrogen-bond acceptors (Lipinski definition) is 5. The number of ether oxygens (including phenoxy) is 2. The van der Waals surface area contributed by atoms with E-state index in [2.05, 4.69) is 16.8 Å². The van der Waals surface area contributed by atoms with Crippen LogP contribution in [0.2, 0.25) is 0 Å². The maximum Gasteiger partial charge on any atom is 0.236 e. The van der Waals surface area contributed by atoms with Crippen molar-refractivity contribution < 1.29 is 14.3 Å². The van der Waals surface area contributed by atoms with Gasteiger partial charge in [0.2, 0.25) is 5.91 Å². The minimum absolute atomic E-state index is 0. The molecule has 1 fully saturated rings. The van der Waals surface area contributed by atoms with Gasteiger partial charge in [0, 0.05) is 20.2 Å². The summed E-state index contributed by atoms with van der Waals surface area (Å²) in [6, 6.07) is 2.06. The molecule has 0 aromatic carbocycles. The minimum atomic E-state index is -0.00655. The molecule has 7 heteroatoms. The molecule has 1 aliphatic rings. The molecular formula is C14H23ClN2O3S. The van der Waals surface area contributed by atoms with E-state index in [1.807, 2.05) is 17.2 Å². The monoisotopic (exact) mass is 334 g/mol. The lowest BCUT2D eigenvalue weighted by Gasteiger charge is -2.36. The molecule has 1 saturated heterocycles. The molecular weight excluding hydrogens is 312 g/mol. The number of hydrogen-bond donors (Lipinski definition) is 1. The number of methoxy groups -OCH3 is 1. The molecule has 1 aliphatic heterocycles. The molecule has 1 N–H and O–H groups in total. The van der Waals surface area contributed by atoms with E-state index in [1.54, 1.807) is 18.4 Å². The third kappa shape index (κ3) is 5.56. The van der Waals surface area contributed by atoms with Crippen molar-refractivity contribution >= 4 is 29.7 Å². The van der Waals surface area contributed by atoms with Crippen molar-refractivity contribution in [3.8, 4) is 0 Å². The van der Waals surface area contributed by atoms with E-state index < -0.39 is 0 Å². The zero-order valence-electron chi connectivity index (χ0n) is 12.4. The van der Waals surface area contributed by atoms with Crippen molar-refractivity contribution in [2.75, 3.05) is 39.9 Å². The quantitative estimate of drug-likeness (QED) is 0.804. The summed E-state index contributed by atoms with van der Waals surface area (Å²) in [4.78, 5) is 14.1. The summed E-state index contributed by atoms with van der Waals surface area (Å²) in [5.41, 5.74) is 1.16. The highest BCUT2D eigenvalue weighted by Crippen LogP contribution is 2.26. The topological polar surface area (TPSA) is 50.8 Å². The van der Waals surface area contributed by atoms with Gasteiger partial charge < -0.3 is 19.7 Å². The van der Waals surface area contributed by atoms with Gasteiger partial charge in [-0.25, -0.2) is 0 Å². The van der Waals surface area contributed by atoms with Crippen LogP contribution in [0.25, 0.3) is 0 Å². The number of nitrogens with zero attached hydrogens (tertiary/aromatic N) is 1. The lowest BCUT2D eigenvalue weighted by molar-refractivity contribution is -0.143. The van der Waals surface area contributed by atoms with Crippen molar-refractivity contribution in [2.24, 2.45) is 0 Å². The second-order valence-corrected chi connectivity index (χ2v) is 5.74. The molecule has 2 heterocycles. The highest BCUT2D eigenvalue weighted by Gasteiger charge is 2.29. The lowest BCUT2D eigenvalue weighted by Crippen LogP contribution is -2.48. The van der Waals surface area contributed by atoms with Crippen LogP contribution in [-0.2, 0) is 14.3 Å². The number of halogens is 1. The predicted molar refractivity (Wildman–Crippen MR) is 86.2 cm³/mol. The van der Waals surface area contributed by atoms with Crippen molar-refractivity contribution in [3.63, 3.8) is 0 Å². The molecule has 2 rings (SSSR count). The van der Waals surface area contributed by atoms with Gasteiger partial charge in [-0.3, -0.25) is 4.79 Å². The van der Waals surface area contributed by atoms with E-state index >= 15 is 0 Å². The average Bonchev–Trinajstić information content (AvgIpc) is 2.97. The van der Waals surface area contributed by atoms with Gasteiger partial charge in [-0.15, -0.1) is 12.4 Å². The van der Waals surface area contributed by atoms with Crippen molar-refractivity contribution in [3.05, 3.63) is 22.4 Å². The van der Waals surface area contributed by atoms with Crippen LogP contribution in [0.15, 0.2) is 16.8 Å². The molecule has 120 valence electrons. The van der Waals surface area contributed by atoms with Crippen LogP contribution in [0.4, 0.5) is 0 Å². The average molecular weight is 335 g/mol. The second-order valence-electron chi connectivity index (χ2n) is 4.96. The Kier molecular flexibility index (Phi) is 8.21. The molecule has 0 bridgehead atoms. The molecule has 21 heavy (non-hydrogen) atoms. The minimum Gasteiger partial charge on any atom is -0.383 e. The Balaban J connectivity index is 0.00000220. The number of rotatable bonds is 6. The van der Waals surface area contributed by atoms with E-state index in [1.165, 1.54) is 0 Å². The summed E-state index contributed by atoms with van der Waals surface area (Å²) in [6.45, 7) is 4.96. The van der Waals surface area contributed by atoms with Gasteiger partial charge in [-0.05, 0) is 29.3 Å². The summed E-state index contributed by atoms with van der Waals surface area (Å²) in [5.74, 6) is 0.122. The molecule has 1 aromatic rings. The zero-order valence-corrected chi connectivity index (χ0v) is 14.0. The van der Waals surface area contributed by atoms with Gasteiger partial charge in [0.15, 0.2) is 0 Å². The highest BCUT2D eigenvalue weighted by molar-refractivity contribution is 7.07. The summed E-state index contributed by atoms with van der Waals surface area (Å²) in [5, 5.41) is 7.22. The van der Waals surface area contributed by atoms with Gasteiger partial charge in [0.1, 0.15) is 6.10 Å². The van der Waals surface area contributed by atoms with Crippen molar-refractivity contribution in [1.82, 2.24) is 10.2 Å². The van der Waals surface area contributed by atoms with Crippen LogP contribution in [0.5, 0.6) is 0 Å². The first-order chi connectivity index (χ1) is 9.70. The van der Waals surface area contributed by atoms with E-state index in [-0.39, 0.29) is 30.5 Å². The summed E-state index contributed by atoms with van der Waals surface area (Å²) < 4.78 is 10.9. The molecule has 0 radical (unpaired) electrons. The Bertz CT molecular complexity index is 416. The normalized spacial score (nSPS) is 21.9. The third-order valence-corrected chi connectivity index (χ3v) is 3.99. The molecule has 2 atom stereocenters. The Hall–Kier alpha value is -0.660. The molecule has 0 spiro atoms. The fraction of sp³-hybridized carbons (Fsp3) is 0.643. The van der Waals surface area contributed by atoms with Gasteiger partial charge in [0.05, 0.1) is 25.8 Å². The molecule has 2 unspecified atom stereocenters.